The van der Waals surface area contributed by atoms with Gasteiger partial charge in [-0.05, 0) is 65.6 Å². The van der Waals surface area contributed by atoms with Gasteiger partial charge in [0.25, 0.3) is 5.91 Å². The minimum Gasteiger partial charge on any atom is -0.494 e. The third-order valence-electron chi connectivity index (χ3n) is 7.28. The quantitative estimate of drug-likeness (QED) is 0.181. The topological polar surface area (TPSA) is 88.5 Å². The Hall–Kier alpha value is -3.12. The van der Waals surface area contributed by atoms with Crippen molar-refractivity contribution in [2.75, 3.05) is 53.1 Å². The Balaban J connectivity index is 1.36. The molecule has 0 aromatic heterocycles. The van der Waals surface area contributed by atoms with E-state index in [0.717, 1.165) is 55.1 Å². The highest BCUT2D eigenvalue weighted by atomic mass is 35.5. The molecule has 2 fully saturated rings. The van der Waals surface area contributed by atoms with Crippen LogP contribution in [0.1, 0.15) is 21.5 Å². The number of halogens is 2. The molecule has 8 nitrogen and oxygen atoms in total. The maximum Gasteiger partial charge on any atom is 0.335 e. The molecule has 0 spiro atoms. The van der Waals surface area contributed by atoms with Gasteiger partial charge in [0.2, 0.25) is 0 Å². The molecule has 2 aliphatic heterocycles. The average Bonchev–Trinajstić information content (AvgIpc) is 3.28. The molecule has 0 atom stereocenters. The van der Waals surface area contributed by atoms with Gasteiger partial charge >= 0.3 is 5.97 Å². The Morgan fingerprint density at radius 3 is 2.43 bits per heavy atom. The van der Waals surface area contributed by atoms with Crippen LogP contribution in [-0.4, -0.2) is 84.2 Å². The van der Waals surface area contributed by atoms with Crippen LogP contribution in [0, 0.1) is 0 Å². The van der Waals surface area contributed by atoms with Gasteiger partial charge in [0.1, 0.15) is 16.7 Å². The number of thioether (sulfide) groups is 1. The normalized spacial score (nSPS) is 16.5. The van der Waals surface area contributed by atoms with Crippen LogP contribution < -0.4 is 9.47 Å². The van der Waals surface area contributed by atoms with Crippen molar-refractivity contribution in [3.63, 3.8) is 0 Å². The molecule has 0 aliphatic carbocycles. The summed E-state index contributed by atoms with van der Waals surface area (Å²) < 4.78 is 17.5. The van der Waals surface area contributed by atoms with Gasteiger partial charge in [0, 0.05) is 31.7 Å². The summed E-state index contributed by atoms with van der Waals surface area (Å²) in [7, 11) is 1.51. The monoisotopic (exact) mass is 672 g/mol. The van der Waals surface area contributed by atoms with E-state index in [2.05, 4.69) is 4.90 Å². The van der Waals surface area contributed by atoms with Crippen molar-refractivity contribution in [2.45, 2.75) is 6.42 Å². The summed E-state index contributed by atoms with van der Waals surface area (Å²) in [5.41, 5.74) is 3.44. The Labute approximate surface area is 275 Å². The molecule has 3 aromatic rings. The van der Waals surface area contributed by atoms with Crippen molar-refractivity contribution in [3.8, 4) is 22.6 Å². The van der Waals surface area contributed by atoms with E-state index in [1.54, 1.807) is 41.3 Å². The summed E-state index contributed by atoms with van der Waals surface area (Å²) in [5.74, 6) is -0.101. The van der Waals surface area contributed by atoms with Gasteiger partial charge in [-0.2, -0.15) is 0 Å². The van der Waals surface area contributed by atoms with Gasteiger partial charge in [-0.15, -0.1) is 0 Å². The number of benzene rings is 3. The fraction of sp³-hybridized carbons (Fsp3) is 0.281. The molecule has 1 N–H and O–H groups in total. The van der Waals surface area contributed by atoms with Crippen LogP contribution >= 0.6 is 47.2 Å². The standard InChI is InChI=1S/C32H30Cl2N2O6S2/c1-40-29-25(33)18-23(19-26(29)34)24-16-21(4-7-27(24)42-15-12-35-10-13-41-14-11-35)17-28-30(37)36(32(43)44-28)9-8-20-2-5-22(6-3-20)31(38)39/h2-7,16-19H,8-15H2,1H3,(H,38,39). The average molecular weight is 674 g/mol. The van der Waals surface area contributed by atoms with Crippen LogP contribution in [0.5, 0.6) is 11.5 Å². The smallest absolute Gasteiger partial charge is 0.335 e. The number of carbonyl (C=O) groups is 2. The molecule has 2 saturated heterocycles. The molecule has 12 heteroatoms. The van der Waals surface area contributed by atoms with Crippen LogP contribution in [0.3, 0.4) is 0 Å². The minimum absolute atomic E-state index is 0.176. The maximum absolute atomic E-state index is 13.3. The van der Waals surface area contributed by atoms with Crippen molar-refractivity contribution in [3.05, 3.63) is 86.2 Å². The van der Waals surface area contributed by atoms with Crippen molar-refractivity contribution in [1.29, 1.82) is 0 Å². The number of nitrogens with zero attached hydrogens (tertiary/aromatic N) is 2. The molecule has 0 unspecified atom stereocenters. The van der Waals surface area contributed by atoms with Gasteiger partial charge < -0.3 is 19.3 Å². The first-order valence-electron chi connectivity index (χ1n) is 13.9. The fourth-order valence-electron chi connectivity index (χ4n) is 4.91. The first kappa shape index (κ1) is 32.3. The molecule has 0 bridgehead atoms. The third kappa shape index (κ3) is 7.74. The van der Waals surface area contributed by atoms with E-state index < -0.39 is 5.97 Å². The van der Waals surface area contributed by atoms with Gasteiger partial charge in [0.05, 0.1) is 40.8 Å². The number of hydrogen-bond acceptors (Lipinski definition) is 8. The number of morpholine rings is 1. The zero-order chi connectivity index (χ0) is 31.2. The van der Waals surface area contributed by atoms with Crippen molar-refractivity contribution in [1.82, 2.24) is 9.80 Å². The lowest BCUT2D eigenvalue weighted by atomic mass is 10.0. The number of hydrogen-bond donors (Lipinski definition) is 1. The molecule has 2 aliphatic rings. The molecule has 0 radical (unpaired) electrons. The Morgan fingerprint density at radius 2 is 1.77 bits per heavy atom. The highest BCUT2D eigenvalue weighted by Crippen LogP contribution is 2.41. The molecule has 44 heavy (non-hydrogen) atoms. The fourth-order valence-corrected chi connectivity index (χ4v) is 6.86. The van der Waals surface area contributed by atoms with Crippen LogP contribution in [0.15, 0.2) is 59.5 Å². The summed E-state index contributed by atoms with van der Waals surface area (Å²) in [4.78, 5) is 28.8. The number of carboxylic acid groups (broad SMARTS) is 1. The first-order chi connectivity index (χ1) is 21.2. The maximum atomic E-state index is 13.3. The predicted molar refractivity (Wildman–Crippen MR) is 178 cm³/mol. The zero-order valence-corrected chi connectivity index (χ0v) is 27.0. The number of carbonyl (C=O) groups excluding carboxylic acids is 1. The zero-order valence-electron chi connectivity index (χ0n) is 23.9. The Kier molecular flexibility index (Phi) is 10.8. The van der Waals surface area contributed by atoms with Crippen molar-refractivity contribution < 1.29 is 28.9 Å². The largest absolute Gasteiger partial charge is 0.494 e. The van der Waals surface area contributed by atoms with Crippen LogP contribution in [0.2, 0.25) is 10.0 Å². The molecule has 5 rings (SSSR count). The summed E-state index contributed by atoms with van der Waals surface area (Å²) in [6.07, 6.45) is 2.36. The number of ether oxygens (including phenoxy) is 3. The number of aromatic carboxylic acids is 1. The Bertz CT molecular complexity index is 1570. The van der Waals surface area contributed by atoms with Gasteiger partial charge in [-0.3, -0.25) is 14.6 Å². The number of rotatable bonds is 11. The molecular weight excluding hydrogens is 643 g/mol. The lowest BCUT2D eigenvalue weighted by Crippen LogP contribution is -2.38. The minimum atomic E-state index is -0.979. The summed E-state index contributed by atoms with van der Waals surface area (Å²) in [6, 6.07) is 15.9. The van der Waals surface area contributed by atoms with Crippen molar-refractivity contribution in [2.24, 2.45) is 0 Å². The highest BCUT2D eigenvalue weighted by molar-refractivity contribution is 8.26. The molecule has 0 saturated carbocycles. The van der Waals surface area contributed by atoms with Crippen LogP contribution in [-0.2, 0) is 16.0 Å². The van der Waals surface area contributed by atoms with E-state index in [4.69, 9.17) is 54.7 Å². The SMILES string of the molecule is COc1c(Cl)cc(-c2cc(C=C3SC(=S)N(CCc4ccc(C(=O)O)cc4)C3=O)ccc2OCCN2CCOCC2)cc1Cl. The second-order valence-corrected chi connectivity index (χ2v) is 12.6. The van der Waals surface area contributed by atoms with Gasteiger partial charge in [-0.25, -0.2) is 4.79 Å². The highest BCUT2D eigenvalue weighted by Gasteiger charge is 2.31. The summed E-state index contributed by atoms with van der Waals surface area (Å²) in [6.45, 7) is 4.81. The number of methoxy groups -OCH3 is 1. The summed E-state index contributed by atoms with van der Waals surface area (Å²) >= 11 is 19.8. The summed E-state index contributed by atoms with van der Waals surface area (Å²) in [5, 5.41) is 9.87. The van der Waals surface area contributed by atoms with E-state index in [-0.39, 0.29) is 11.5 Å². The number of carboxylic acids is 1. The van der Waals surface area contributed by atoms with Crippen molar-refractivity contribution >= 4 is 69.5 Å². The van der Waals surface area contributed by atoms with E-state index in [0.29, 0.717) is 50.3 Å². The molecular formula is C32H30Cl2N2O6S2. The third-order valence-corrected chi connectivity index (χ3v) is 9.22. The second kappa shape index (κ2) is 14.8. The number of thiocarbonyl (C=S) groups is 1. The second-order valence-electron chi connectivity index (χ2n) is 10.1. The van der Waals surface area contributed by atoms with E-state index in [9.17, 15) is 9.59 Å². The van der Waals surface area contributed by atoms with Crippen LogP contribution in [0.25, 0.3) is 17.2 Å². The molecule has 230 valence electrons. The van der Waals surface area contributed by atoms with E-state index >= 15 is 0 Å². The van der Waals surface area contributed by atoms with E-state index in [1.807, 2.05) is 24.3 Å². The lowest BCUT2D eigenvalue weighted by Gasteiger charge is -2.26. The van der Waals surface area contributed by atoms with Crippen LogP contribution in [0.4, 0.5) is 0 Å². The molecule has 3 aromatic carbocycles. The lowest BCUT2D eigenvalue weighted by molar-refractivity contribution is -0.122. The van der Waals surface area contributed by atoms with Gasteiger partial charge in [-0.1, -0.05) is 65.4 Å². The Morgan fingerprint density at radius 1 is 1.07 bits per heavy atom. The number of amides is 1. The predicted octanol–water partition coefficient (Wildman–Crippen LogP) is 6.52. The van der Waals surface area contributed by atoms with E-state index in [1.165, 1.54) is 18.9 Å². The first-order valence-corrected chi connectivity index (χ1v) is 15.9. The van der Waals surface area contributed by atoms with Gasteiger partial charge in [0.15, 0.2) is 5.75 Å². The molecule has 2 heterocycles. The molecule has 1 amide bonds.